The second-order valence-corrected chi connectivity index (χ2v) is 6.61. The van der Waals surface area contributed by atoms with E-state index in [2.05, 4.69) is 0 Å². The predicted octanol–water partition coefficient (Wildman–Crippen LogP) is 3.02. The van der Waals surface area contributed by atoms with E-state index in [1.165, 1.54) is 11.8 Å². The number of amides is 1. The Hall–Kier alpha value is -1.69. The van der Waals surface area contributed by atoms with Crippen molar-refractivity contribution in [2.45, 2.75) is 38.2 Å². The molecule has 2 rings (SSSR count). The van der Waals surface area contributed by atoms with Gasteiger partial charge in [0.25, 0.3) is 0 Å². The lowest BCUT2D eigenvalue weighted by atomic mass is 10.1. The largest absolute Gasteiger partial charge is 0.486 e. The van der Waals surface area contributed by atoms with Gasteiger partial charge >= 0.3 is 5.97 Å². The van der Waals surface area contributed by atoms with Crippen molar-refractivity contribution in [1.82, 2.24) is 0 Å². The molecule has 0 radical (unpaired) electrons. The van der Waals surface area contributed by atoms with Crippen LogP contribution in [0.15, 0.2) is 23.1 Å². The fraction of sp³-hybridized carbons (Fsp3) is 0.500. The SMILES string of the molecule is CCC1CN(C(=O)C(C)C)c2cc(SCC(=O)O)ccc2O1. The molecule has 1 amide bonds. The van der Waals surface area contributed by atoms with Crippen molar-refractivity contribution < 1.29 is 19.4 Å². The van der Waals surface area contributed by atoms with E-state index in [1.54, 1.807) is 4.90 Å². The van der Waals surface area contributed by atoms with Crippen LogP contribution in [0.4, 0.5) is 5.69 Å². The lowest BCUT2D eigenvalue weighted by Crippen LogP contribution is -2.45. The van der Waals surface area contributed by atoms with Crippen LogP contribution < -0.4 is 9.64 Å². The summed E-state index contributed by atoms with van der Waals surface area (Å²) in [7, 11) is 0. The van der Waals surface area contributed by atoms with Gasteiger partial charge in [-0.15, -0.1) is 11.8 Å². The molecule has 0 spiro atoms. The Balaban J connectivity index is 2.32. The van der Waals surface area contributed by atoms with E-state index in [4.69, 9.17) is 9.84 Å². The van der Waals surface area contributed by atoms with E-state index >= 15 is 0 Å². The minimum atomic E-state index is -0.861. The number of ether oxygens (including phenoxy) is 1. The Morgan fingerprint density at radius 3 is 2.77 bits per heavy atom. The first-order valence-electron chi connectivity index (χ1n) is 7.39. The zero-order valence-electron chi connectivity index (χ0n) is 13.0. The molecule has 1 atom stereocenters. The van der Waals surface area contributed by atoms with E-state index in [0.29, 0.717) is 12.3 Å². The van der Waals surface area contributed by atoms with Crippen molar-refractivity contribution in [3.63, 3.8) is 0 Å². The van der Waals surface area contributed by atoms with Crippen LogP contribution in [0.25, 0.3) is 0 Å². The van der Waals surface area contributed by atoms with E-state index in [9.17, 15) is 9.59 Å². The number of carbonyl (C=O) groups excluding carboxylic acids is 1. The number of rotatable bonds is 5. The first-order chi connectivity index (χ1) is 10.4. The smallest absolute Gasteiger partial charge is 0.313 e. The number of hydrogen-bond acceptors (Lipinski definition) is 4. The topological polar surface area (TPSA) is 66.8 Å². The third kappa shape index (κ3) is 3.74. The van der Waals surface area contributed by atoms with Gasteiger partial charge in [0, 0.05) is 10.8 Å². The fourth-order valence-corrected chi connectivity index (χ4v) is 2.94. The molecule has 120 valence electrons. The van der Waals surface area contributed by atoms with Crippen LogP contribution >= 0.6 is 11.8 Å². The molecule has 1 aliphatic heterocycles. The molecule has 5 nitrogen and oxygen atoms in total. The summed E-state index contributed by atoms with van der Waals surface area (Å²) in [5.41, 5.74) is 0.735. The van der Waals surface area contributed by atoms with Crippen LogP contribution in [0.5, 0.6) is 5.75 Å². The molecule has 0 saturated heterocycles. The lowest BCUT2D eigenvalue weighted by Gasteiger charge is -2.35. The standard InChI is InChI=1S/C16H21NO4S/c1-4-11-8-17(16(20)10(2)3)13-7-12(22-9-15(18)19)5-6-14(13)21-11/h5-7,10-11H,4,8-9H2,1-3H3,(H,18,19). The number of anilines is 1. The maximum Gasteiger partial charge on any atom is 0.313 e. The summed E-state index contributed by atoms with van der Waals surface area (Å²) in [6.07, 6.45) is 0.823. The van der Waals surface area contributed by atoms with Crippen molar-refractivity contribution in [1.29, 1.82) is 0 Å². The monoisotopic (exact) mass is 323 g/mol. The molecule has 0 aliphatic carbocycles. The molecule has 0 saturated carbocycles. The van der Waals surface area contributed by atoms with Gasteiger partial charge in [-0.25, -0.2) is 0 Å². The van der Waals surface area contributed by atoms with E-state index < -0.39 is 5.97 Å². The minimum Gasteiger partial charge on any atom is -0.486 e. The van der Waals surface area contributed by atoms with Gasteiger partial charge in [0.2, 0.25) is 5.91 Å². The molecule has 1 N–H and O–H groups in total. The van der Waals surface area contributed by atoms with Gasteiger partial charge in [-0.1, -0.05) is 20.8 Å². The van der Waals surface area contributed by atoms with Crippen LogP contribution in [0.1, 0.15) is 27.2 Å². The van der Waals surface area contributed by atoms with Gasteiger partial charge in [-0.2, -0.15) is 0 Å². The summed E-state index contributed by atoms with van der Waals surface area (Å²) >= 11 is 1.24. The average Bonchev–Trinajstić information content (AvgIpc) is 2.50. The second-order valence-electron chi connectivity index (χ2n) is 5.56. The maximum absolute atomic E-state index is 12.5. The van der Waals surface area contributed by atoms with Gasteiger partial charge in [-0.05, 0) is 24.6 Å². The van der Waals surface area contributed by atoms with Crippen LogP contribution in [-0.4, -0.2) is 35.4 Å². The summed E-state index contributed by atoms with van der Waals surface area (Å²) in [6.45, 7) is 6.32. The first kappa shape index (κ1) is 16.7. The molecule has 6 heteroatoms. The van der Waals surface area contributed by atoms with E-state index in [0.717, 1.165) is 17.0 Å². The summed E-state index contributed by atoms with van der Waals surface area (Å²) in [4.78, 5) is 25.8. The molecule has 0 fully saturated rings. The number of carboxylic acids is 1. The predicted molar refractivity (Wildman–Crippen MR) is 86.7 cm³/mol. The Morgan fingerprint density at radius 1 is 1.45 bits per heavy atom. The Kier molecular flexibility index (Phi) is 5.34. The molecule has 0 aromatic heterocycles. The molecule has 1 aromatic rings. The fourth-order valence-electron chi connectivity index (χ4n) is 2.29. The highest BCUT2D eigenvalue weighted by molar-refractivity contribution is 8.00. The Morgan fingerprint density at radius 2 is 2.18 bits per heavy atom. The average molecular weight is 323 g/mol. The maximum atomic E-state index is 12.5. The highest BCUT2D eigenvalue weighted by Crippen LogP contribution is 2.38. The van der Waals surface area contributed by atoms with Gasteiger partial charge < -0.3 is 14.7 Å². The highest BCUT2D eigenvalue weighted by atomic mass is 32.2. The number of nitrogens with zero attached hydrogens (tertiary/aromatic N) is 1. The number of carbonyl (C=O) groups is 2. The molecule has 1 heterocycles. The quantitative estimate of drug-likeness (QED) is 0.844. The van der Waals surface area contributed by atoms with E-state index in [1.807, 2.05) is 39.0 Å². The zero-order chi connectivity index (χ0) is 16.3. The van der Waals surface area contributed by atoms with Crippen molar-refractivity contribution >= 4 is 29.3 Å². The summed E-state index contributed by atoms with van der Waals surface area (Å²) in [6, 6.07) is 5.50. The van der Waals surface area contributed by atoms with Gasteiger partial charge in [-0.3, -0.25) is 9.59 Å². The second kappa shape index (κ2) is 7.05. The normalized spacial score (nSPS) is 17.1. The molecule has 1 aliphatic rings. The van der Waals surface area contributed by atoms with Crippen molar-refractivity contribution in [3.8, 4) is 5.75 Å². The number of hydrogen-bond donors (Lipinski definition) is 1. The Bertz CT molecular complexity index is 573. The third-order valence-corrected chi connectivity index (χ3v) is 4.46. The number of benzene rings is 1. The van der Waals surface area contributed by atoms with Crippen molar-refractivity contribution in [2.24, 2.45) is 5.92 Å². The molecular formula is C16H21NO4S. The van der Waals surface area contributed by atoms with Gasteiger partial charge in [0.15, 0.2) is 0 Å². The van der Waals surface area contributed by atoms with Crippen molar-refractivity contribution in [2.75, 3.05) is 17.2 Å². The number of carboxylic acid groups (broad SMARTS) is 1. The molecule has 22 heavy (non-hydrogen) atoms. The van der Waals surface area contributed by atoms with E-state index in [-0.39, 0.29) is 23.7 Å². The molecule has 1 aromatic carbocycles. The number of thioether (sulfide) groups is 1. The van der Waals surface area contributed by atoms with Crippen LogP contribution in [0.2, 0.25) is 0 Å². The lowest BCUT2D eigenvalue weighted by molar-refractivity contribution is -0.133. The summed E-state index contributed by atoms with van der Waals surface area (Å²) < 4.78 is 5.90. The van der Waals surface area contributed by atoms with Gasteiger partial charge in [0.1, 0.15) is 11.9 Å². The molecule has 0 bridgehead atoms. The first-order valence-corrected chi connectivity index (χ1v) is 8.37. The van der Waals surface area contributed by atoms with Crippen LogP contribution in [0, 0.1) is 5.92 Å². The number of aliphatic carboxylic acids is 1. The van der Waals surface area contributed by atoms with Gasteiger partial charge in [0.05, 0.1) is 18.0 Å². The summed E-state index contributed by atoms with van der Waals surface area (Å²) in [5.74, 6) is -0.218. The molecule has 1 unspecified atom stereocenters. The van der Waals surface area contributed by atoms with Crippen LogP contribution in [0.3, 0.4) is 0 Å². The molecular weight excluding hydrogens is 302 g/mol. The number of fused-ring (bicyclic) bond motifs is 1. The highest BCUT2D eigenvalue weighted by Gasteiger charge is 2.30. The van der Waals surface area contributed by atoms with Crippen molar-refractivity contribution in [3.05, 3.63) is 18.2 Å². The Labute approximate surface area is 134 Å². The zero-order valence-corrected chi connectivity index (χ0v) is 13.9. The van der Waals surface area contributed by atoms with Crippen LogP contribution in [-0.2, 0) is 9.59 Å². The minimum absolute atomic E-state index is 0.00461. The summed E-state index contributed by atoms with van der Waals surface area (Å²) in [5, 5.41) is 8.78. The third-order valence-electron chi connectivity index (χ3n) is 3.48.